The minimum atomic E-state index is -3.35. The lowest BCUT2D eigenvalue weighted by Crippen LogP contribution is -2.37. The summed E-state index contributed by atoms with van der Waals surface area (Å²) in [5.41, 5.74) is -0.315. The molecule has 0 bridgehead atoms. The SMILES string of the molecule is COC(=O)[C@@]1(Cc2cc(Br)c(F)cn2)CC[C@H](NS(C)(=O)=O)C1. The van der Waals surface area contributed by atoms with E-state index in [9.17, 15) is 17.6 Å². The molecule has 1 aromatic rings. The fraction of sp³-hybridized carbons (Fsp3) is 0.571. The summed E-state index contributed by atoms with van der Waals surface area (Å²) < 4.78 is 43.8. The van der Waals surface area contributed by atoms with Crippen LogP contribution in [0.2, 0.25) is 0 Å². The van der Waals surface area contributed by atoms with Crippen LogP contribution in [0.25, 0.3) is 0 Å². The van der Waals surface area contributed by atoms with Gasteiger partial charge in [-0.25, -0.2) is 17.5 Å². The summed E-state index contributed by atoms with van der Waals surface area (Å²) in [5, 5.41) is 0. The second kappa shape index (κ2) is 6.82. The van der Waals surface area contributed by atoms with Gasteiger partial charge in [-0.05, 0) is 41.3 Å². The summed E-state index contributed by atoms with van der Waals surface area (Å²) in [5.74, 6) is -0.888. The fourth-order valence-corrected chi connectivity index (χ4v) is 4.23. The van der Waals surface area contributed by atoms with E-state index in [2.05, 4.69) is 25.6 Å². The van der Waals surface area contributed by atoms with E-state index in [1.54, 1.807) is 0 Å². The molecule has 6 nitrogen and oxygen atoms in total. The van der Waals surface area contributed by atoms with E-state index in [1.807, 2.05) is 0 Å². The molecule has 2 rings (SSSR count). The van der Waals surface area contributed by atoms with Crippen molar-refractivity contribution in [3.8, 4) is 0 Å². The number of pyridine rings is 1. The Hall–Kier alpha value is -1.06. The number of hydrogen-bond donors (Lipinski definition) is 1. The van der Waals surface area contributed by atoms with Gasteiger partial charge in [-0.2, -0.15) is 0 Å². The Balaban J connectivity index is 2.24. The second-order valence-electron chi connectivity index (χ2n) is 5.87. The number of esters is 1. The molecule has 1 saturated carbocycles. The first-order valence-corrected chi connectivity index (χ1v) is 9.69. The van der Waals surface area contributed by atoms with Crippen LogP contribution >= 0.6 is 15.9 Å². The molecule has 23 heavy (non-hydrogen) atoms. The maximum atomic E-state index is 13.3. The van der Waals surface area contributed by atoms with Gasteiger partial charge in [0.05, 0.1) is 29.5 Å². The fourth-order valence-electron chi connectivity index (χ4n) is 3.06. The zero-order valence-corrected chi connectivity index (χ0v) is 15.2. The summed E-state index contributed by atoms with van der Waals surface area (Å²) in [6, 6.07) is 1.20. The van der Waals surface area contributed by atoms with Crippen molar-refractivity contribution in [1.82, 2.24) is 9.71 Å². The molecule has 1 heterocycles. The molecule has 0 saturated heterocycles. The summed E-state index contributed by atoms with van der Waals surface area (Å²) in [6.45, 7) is 0. The van der Waals surface area contributed by atoms with Crippen molar-refractivity contribution in [2.75, 3.05) is 13.4 Å². The molecule has 0 spiro atoms. The van der Waals surface area contributed by atoms with Crippen LogP contribution in [0, 0.1) is 11.2 Å². The van der Waals surface area contributed by atoms with Crippen LogP contribution < -0.4 is 4.72 Å². The van der Waals surface area contributed by atoms with Crippen molar-refractivity contribution in [2.24, 2.45) is 5.41 Å². The minimum Gasteiger partial charge on any atom is -0.469 e. The van der Waals surface area contributed by atoms with Crippen LogP contribution in [0.1, 0.15) is 25.0 Å². The number of hydrogen-bond acceptors (Lipinski definition) is 5. The van der Waals surface area contributed by atoms with Crippen molar-refractivity contribution >= 4 is 31.9 Å². The Morgan fingerprint density at radius 2 is 2.30 bits per heavy atom. The van der Waals surface area contributed by atoms with Gasteiger partial charge in [0.15, 0.2) is 5.82 Å². The highest BCUT2D eigenvalue weighted by molar-refractivity contribution is 9.10. The highest BCUT2D eigenvalue weighted by Crippen LogP contribution is 2.42. The van der Waals surface area contributed by atoms with Crippen molar-refractivity contribution in [3.63, 3.8) is 0 Å². The van der Waals surface area contributed by atoms with Gasteiger partial charge in [0, 0.05) is 18.2 Å². The smallest absolute Gasteiger partial charge is 0.312 e. The van der Waals surface area contributed by atoms with E-state index in [-0.39, 0.29) is 16.9 Å². The Morgan fingerprint density at radius 3 is 2.87 bits per heavy atom. The van der Waals surface area contributed by atoms with Crippen molar-refractivity contribution < 1.29 is 22.3 Å². The van der Waals surface area contributed by atoms with Gasteiger partial charge in [-0.15, -0.1) is 0 Å². The van der Waals surface area contributed by atoms with Gasteiger partial charge in [-0.3, -0.25) is 9.78 Å². The standard InChI is InChI=1S/C14H18BrFN2O4S/c1-22-13(19)14(4-3-9(6-14)18-23(2,20)21)7-10-5-11(15)12(16)8-17-10/h5,8-9,18H,3-4,6-7H2,1-2H3/t9-,14-/m0/s1. The Bertz CT molecular complexity index is 713. The van der Waals surface area contributed by atoms with Crippen LogP contribution in [0.15, 0.2) is 16.7 Å². The second-order valence-corrected chi connectivity index (χ2v) is 8.50. The Morgan fingerprint density at radius 1 is 1.61 bits per heavy atom. The molecule has 0 aromatic carbocycles. The van der Waals surface area contributed by atoms with E-state index in [0.717, 1.165) is 12.5 Å². The predicted octanol–water partition coefficient (Wildman–Crippen LogP) is 1.79. The van der Waals surface area contributed by atoms with E-state index in [4.69, 9.17) is 4.74 Å². The average Bonchev–Trinajstić information content (AvgIpc) is 2.84. The number of halogens is 2. The van der Waals surface area contributed by atoms with Crippen molar-refractivity contribution in [1.29, 1.82) is 0 Å². The largest absolute Gasteiger partial charge is 0.469 e. The Kier molecular flexibility index (Phi) is 5.42. The summed E-state index contributed by atoms with van der Waals surface area (Å²) in [4.78, 5) is 16.3. The van der Waals surface area contributed by atoms with Gasteiger partial charge in [0.2, 0.25) is 10.0 Å². The lowest BCUT2D eigenvalue weighted by molar-refractivity contribution is -0.152. The van der Waals surface area contributed by atoms with E-state index in [0.29, 0.717) is 25.0 Å². The number of ether oxygens (including phenoxy) is 1. The third kappa shape index (κ3) is 4.48. The molecule has 128 valence electrons. The van der Waals surface area contributed by atoms with E-state index < -0.39 is 27.2 Å². The normalized spacial score (nSPS) is 24.6. The molecule has 0 radical (unpaired) electrons. The number of nitrogens with one attached hydrogen (secondary N) is 1. The Labute approximate surface area is 143 Å². The van der Waals surface area contributed by atoms with E-state index >= 15 is 0 Å². The van der Waals surface area contributed by atoms with Crippen LogP contribution in [0.4, 0.5) is 4.39 Å². The quantitative estimate of drug-likeness (QED) is 0.750. The zero-order valence-electron chi connectivity index (χ0n) is 12.8. The molecule has 0 unspecified atom stereocenters. The van der Waals surface area contributed by atoms with Gasteiger partial charge in [-0.1, -0.05) is 0 Å². The van der Waals surface area contributed by atoms with Crippen molar-refractivity contribution in [3.05, 3.63) is 28.2 Å². The van der Waals surface area contributed by atoms with Crippen LogP contribution in [0.3, 0.4) is 0 Å². The molecule has 0 amide bonds. The number of nitrogens with zero attached hydrogens (tertiary/aromatic N) is 1. The molecule has 1 aliphatic rings. The number of carbonyl (C=O) groups excluding carboxylic acids is 1. The molecule has 0 aliphatic heterocycles. The molecule has 9 heteroatoms. The summed E-state index contributed by atoms with van der Waals surface area (Å²) in [7, 11) is -2.05. The summed E-state index contributed by atoms with van der Waals surface area (Å²) >= 11 is 3.10. The minimum absolute atomic E-state index is 0.264. The molecule has 1 aliphatic carbocycles. The number of carbonyl (C=O) groups is 1. The van der Waals surface area contributed by atoms with Gasteiger partial charge in [0.25, 0.3) is 0 Å². The number of rotatable bonds is 5. The predicted molar refractivity (Wildman–Crippen MR) is 85.7 cm³/mol. The van der Waals surface area contributed by atoms with Gasteiger partial charge < -0.3 is 4.74 Å². The zero-order chi connectivity index (χ0) is 17.3. The molecular weight excluding hydrogens is 391 g/mol. The van der Waals surface area contributed by atoms with Crippen LogP contribution in [0.5, 0.6) is 0 Å². The maximum absolute atomic E-state index is 13.3. The number of sulfonamides is 1. The topological polar surface area (TPSA) is 85.4 Å². The summed E-state index contributed by atoms with van der Waals surface area (Å²) in [6.07, 6.45) is 3.77. The molecule has 1 fully saturated rings. The van der Waals surface area contributed by atoms with Gasteiger partial charge >= 0.3 is 5.97 Å². The first-order chi connectivity index (χ1) is 10.6. The van der Waals surface area contributed by atoms with Crippen LogP contribution in [-0.4, -0.2) is 38.8 Å². The molecule has 1 aromatic heterocycles. The molecule has 1 N–H and O–H groups in total. The number of aromatic nitrogens is 1. The van der Waals surface area contributed by atoms with Crippen LogP contribution in [-0.2, 0) is 26.0 Å². The highest BCUT2D eigenvalue weighted by Gasteiger charge is 2.47. The van der Waals surface area contributed by atoms with E-state index in [1.165, 1.54) is 13.2 Å². The third-order valence-corrected chi connectivity index (χ3v) is 5.36. The molecule has 2 atom stereocenters. The lowest BCUT2D eigenvalue weighted by Gasteiger charge is -2.26. The molecular formula is C14H18BrFN2O4S. The number of methoxy groups -OCH3 is 1. The van der Waals surface area contributed by atoms with Crippen molar-refractivity contribution in [2.45, 2.75) is 31.7 Å². The maximum Gasteiger partial charge on any atom is 0.312 e. The first kappa shape index (κ1) is 18.3. The third-order valence-electron chi connectivity index (χ3n) is 3.99. The highest BCUT2D eigenvalue weighted by atomic mass is 79.9. The average molecular weight is 409 g/mol. The monoisotopic (exact) mass is 408 g/mol. The van der Waals surface area contributed by atoms with Gasteiger partial charge in [0.1, 0.15) is 0 Å². The lowest BCUT2D eigenvalue weighted by atomic mass is 9.81. The first-order valence-electron chi connectivity index (χ1n) is 7.01.